The minimum Gasteiger partial charge on any atom is -0.326 e. The summed E-state index contributed by atoms with van der Waals surface area (Å²) in [4.78, 5) is 0. The minimum absolute atomic E-state index is 0.466. The van der Waals surface area contributed by atoms with E-state index in [0.29, 0.717) is 18.3 Å². The van der Waals surface area contributed by atoms with Crippen molar-refractivity contribution in [3.8, 4) is 12.3 Å². The van der Waals surface area contributed by atoms with Gasteiger partial charge in [-0.05, 0) is 34.1 Å². The Bertz CT molecular complexity index is 518. The number of hydrogen-bond acceptors (Lipinski definition) is 2. The van der Waals surface area contributed by atoms with E-state index in [2.05, 4.69) is 65.1 Å². The lowest BCUT2D eigenvalue weighted by Crippen LogP contribution is -2.11. The Hall–Kier alpha value is -1.33. The molecule has 0 aliphatic heterocycles. The lowest BCUT2D eigenvalue weighted by molar-refractivity contribution is 0.677. The summed E-state index contributed by atoms with van der Waals surface area (Å²) in [5.74, 6) is 3.69. The maximum absolute atomic E-state index is 5.49. The number of nitrogens with zero attached hydrogens (tertiary/aromatic N) is 1. The molecule has 0 aliphatic rings. The number of allylic oxidation sites excluding steroid dienone is 1. The van der Waals surface area contributed by atoms with Crippen molar-refractivity contribution in [1.29, 1.82) is 0 Å². The Labute approximate surface area is 136 Å². The van der Waals surface area contributed by atoms with Gasteiger partial charge in [0.2, 0.25) is 0 Å². The van der Waals surface area contributed by atoms with Crippen LogP contribution in [0.3, 0.4) is 0 Å². The van der Waals surface area contributed by atoms with Crippen LogP contribution in [0.5, 0.6) is 0 Å². The van der Waals surface area contributed by atoms with Gasteiger partial charge in [-0.2, -0.15) is 0 Å². The van der Waals surface area contributed by atoms with E-state index in [1.807, 2.05) is 7.05 Å². The molecule has 0 fully saturated rings. The average Bonchev–Trinajstić information content (AvgIpc) is 2.39. The van der Waals surface area contributed by atoms with Gasteiger partial charge >= 0.3 is 0 Å². The van der Waals surface area contributed by atoms with Crippen molar-refractivity contribution in [2.24, 2.45) is 0 Å². The average molecular weight is 301 g/mol. The SMILES string of the molecule is C#CCc1cc(C(C)C)c(CC(=C)N(C)S)c(C(C)C)c1. The fraction of sp³-hybridized carbons (Fsp3) is 0.474. The van der Waals surface area contributed by atoms with Crippen LogP contribution in [0.4, 0.5) is 0 Å². The van der Waals surface area contributed by atoms with E-state index in [4.69, 9.17) is 6.42 Å². The van der Waals surface area contributed by atoms with E-state index in [1.54, 1.807) is 4.31 Å². The van der Waals surface area contributed by atoms with Gasteiger partial charge < -0.3 is 4.31 Å². The molecular weight excluding hydrogens is 274 g/mol. The summed E-state index contributed by atoms with van der Waals surface area (Å²) in [6, 6.07) is 4.52. The molecule has 21 heavy (non-hydrogen) atoms. The van der Waals surface area contributed by atoms with Crippen LogP contribution in [0, 0.1) is 12.3 Å². The first-order chi connectivity index (χ1) is 9.77. The Balaban J connectivity index is 3.43. The molecule has 0 heterocycles. The maximum Gasteiger partial charge on any atom is 0.0337 e. The molecule has 0 aromatic heterocycles. The van der Waals surface area contributed by atoms with Gasteiger partial charge in [-0.15, -0.1) is 12.3 Å². The smallest absolute Gasteiger partial charge is 0.0337 e. The Morgan fingerprint density at radius 2 is 1.71 bits per heavy atom. The molecule has 0 saturated heterocycles. The summed E-state index contributed by atoms with van der Waals surface area (Å²) in [7, 11) is 1.92. The molecule has 1 nitrogen and oxygen atoms in total. The third-order valence-corrected chi connectivity index (χ3v) is 4.05. The van der Waals surface area contributed by atoms with Crippen LogP contribution in [0.15, 0.2) is 24.4 Å². The predicted molar refractivity (Wildman–Crippen MR) is 96.8 cm³/mol. The summed E-state index contributed by atoms with van der Waals surface area (Å²) in [5, 5.41) is 0. The van der Waals surface area contributed by atoms with Crippen molar-refractivity contribution >= 4 is 12.8 Å². The van der Waals surface area contributed by atoms with Gasteiger partial charge in [-0.1, -0.05) is 59.2 Å². The van der Waals surface area contributed by atoms with Crippen LogP contribution in [0.25, 0.3) is 0 Å². The number of terminal acetylenes is 1. The molecule has 2 heteroatoms. The van der Waals surface area contributed by atoms with E-state index in [1.165, 1.54) is 22.3 Å². The van der Waals surface area contributed by atoms with Gasteiger partial charge in [0.1, 0.15) is 0 Å². The highest BCUT2D eigenvalue weighted by molar-refractivity contribution is 7.77. The first kappa shape index (κ1) is 17.7. The van der Waals surface area contributed by atoms with Crippen LogP contribution >= 0.6 is 12.8 Å². The molecule has 0 N–H and O–H groups in total. The van der Waals surface area contributed by atoms with Crippen LogP contribution in [-0.4, -0.2) is 11.4 Å². The second-order valence-electron chi connectivity index (χ2n) is 6.21. The fourth-order valence-electron chi connectivity index (χ4n) is 2.55. The summed E-state index contributed by atoms with van der Waals surface area (Å²) in [5.41, 5.74) is 6.38. The molecule has 0 spiro atoms. The van der Waals surface area contributed by atoms with Gasteiger partial charge in [0.15, 0.2) is 0 Å². The molecule has 1 aromatic rings. The number of benzene rings is 1. The number of thiol groups is 1. The summed E-state index contributed by atoms with van der Waals surface area (Å²) >= 11 is 4.36. The lowest BCUT2D eigenvalue weighted by atomic mass is 9.84. The number of likely N-dealkylation sites (N-methyl/N-ethyl adjacent to an activating group) is 1. The van der Waals surface area contributed by atoms with Crippen molar-refractivity contribution in [3.63, 3.8) is 0 Å². The lowest BCUT2D eigenvalue weighted by Gasteiger charge is -2.24. The topological polar surface area (TPSA) is 3.24 Å². The third kappa shape index (κ3) is 4.58. The number of rotatable bonds is 6. The Morgan fingerprint density at radius 1 is 1.24 bits per heavy atom. The van der Waals surface area contributed by atoms with Crippen molar-refractivity contribution in [2.45, 2.75) is 52.4 Å². The third-order valence-electron chi connectivity index (χ3n) is 3.77. The van der Waals surface area contributed by atoms with E-state index < -0.39 is 0 Å². The van der Waals surface area contributed by atoms with Crippen molar-refractivity contribution in [3.05, 3.63) is 46.7 Å². The first-order valence-corrected chi connectivity index (χ1v) is 7.87. The largest absolute Gasteiger partial charge is 0.326 e. The molecule has 0 saturated carbocycles. The molecule has 1 rings (SSSR count). The van der Waals surface area contributed by atoms with Gasteiger partial charge in [0.05, 0.1) is 0 Å². The summed E-state index contributed by atoms with van der Waals surface area (Å²) in [6.07, 6.45) is 7.01. The van der Waals surface area contributed by atoms with Crippen molar-refractivity contribution in [1.82, 2.24) is 4.31 Å². The molecule has 0 unspecified atom stereocenters. The normalized spacial score (nSPS) is 10.8. The molecule has 0 bridgehead atoms. The highest BCUT2D eigenvalue weighted by Gasteiger charge is 2.17. The highest BCUT2D eigenvalue weighted by atomic mass is 32.1. The highest BCUT2D eigenvalue weighted by Crippen LogP contribution is 2.31. The monoisotopic (exact) mass is 301 g/mol. The Morgan fingerprint density at radius 3 is 2.05 bits per heavy atom. The van der Waals surface area contributed by atoms with E-state index in [-0.39, 0.29) is 0 Å². The number of hydrogen-bond donors (Lipinski definition) is 1. The van der Waals surface area contributed by atoms with Crippen molar-refractivity contribution in [2.75, 3.05) is 7.05 Å². The van der Waals surface area contributed by atoms with Crippen LogP contribution in [0.1, 0.15) is 61.8 Å². The second kappa shape index (κ2) is 7.61. The first-order valence-electron chi connectivity index (χ1n) is 7.47. The molecule has 114 valence electrons. The zero-order valence-electron chi connectivity index (χ0n) is 13.9. The van der Waals surface area contributed by atoms with Gasteiger partial charge in [-0.25, -0.2) is 0 Å². The molecule has 1 aromatic carbocycles. The maximum atomic E-state index is 5.49. The van der Waals surface area contributed by atoms with Crippen LogP contribution in [0.2, 0.25) is 0 Å². The van der Waals surface area contributed by atoms with Crippen LogP contribution < -0.4 is 0 Å². The van der Waals surface area contributed by atoms with Crippen molar-refractivity contribution < 1.29 is 0 Å². The van der Waals surface area contributed by atoms with Gasteiger partial charge in [0.25, 0.3) is 0 Å². The minimum atomic E-state index is 0.466. The quantitative estimate of drug-likeness (QED) is 0.575. The van der Waals surface area contributed by atoms with E-state index in [0.717, 1.165) is 12.1 Å². The molecule has 0 atom stereocenters. The molecule has 0 radical (unpaired) electrons. The zero-order valence-corrected chi connectivity index (χ0v) is 14.8. The second-order valence-corrected chi connectivity index (χ2v) is 6.81. The van der Waals surface area contributed by atoms with Crippen LogP contribution in [-0.2, 0) is 12.8 Å². The van der Waals surface area contributed by atoms with Gasteiger partial charge in [-0.3, -0.25) is 0 Å². The fourth-order valence-corrected chi connectivity index (χ4v) is 2.63. The van der Waals surface area contributed by atoms with Gasteiger partial charge in [0, 0.05) is 25.6 Å². The van der Waals surface area contributed by atoms with E-state index >= 15 is 0 Å². The zero-order chi connectivity index (χ0) is 16.2. The Kier molecular flexibility index (Phi) is 6.42. The predicted octanol–water partition coefficient (Wildman–Crippen LogP) is 4.94. The standard InChI is InChI=1S/C19H27NS/c1-8-9-16-11-17(13(2)3)19(10-15(6)20(7)21)18(12-16)14(4)5/h1,11-14,21H,6,9-10H2,2-5,7H3. The van der Waals surface area contributed by atoms with E-state index in [9.17, 15) is 0 Å². The molecule has 0 aliphatic carbocycles. The summed E-state index contributed by atoms with van der Waals surface area (Å²) in [6.45, 7) is 13.1. The molecule has 0 amide bonds. The molecular formula is C19H27NS. The summed E-state index contributed by atoms with van der Waals surface area (Å²) < 4.78 is 1.80.